The number of nitrogens with one attached hydrogen (secondary N) is 1. The number of carbonyl (C=O) groups excluding carboxylic acids is 1. The molecule has 110 valence electrons. The quantitative estimate of drug-likeness (QED) is 0.903. The van der Waals surface area contributed by atoms with Gasteiger partial charge in [-0.1, -0.05) is 42.5 Å². The van der Waals surface area contributed by atoms with Gasteiger partial charge in [-0.3, -0.25) is 4.79 Å². The molecule has 5 heteroatoms. The molecular weight excluding hydrogens is 297 g/mol. The Balaban J connectivity index is 1.91. The van der Waals surface area contributed by atoms with E-state index in [0.29, 0.717) is 15.8 Å². The SMILES string of the molecule is CC(Oc1cc(Cl)ccc1Cl)C(=O)NC1CCCCC1. The highest BCUT2D eigenvalue weighted by molar-refractivity contribution is 6.34. The van der Waals surface area contributed by atoms with Crippen molar-refractivity contribution < 1.29 is 9.53 Å². The molecule has 0 radical (unpaired) electrons. The van der Waals surface area contributed by atoms with E-state index in [4.69, 9.17) is 27.9 Å². The van der Waals surface area contributed by atoms with E-state index >= 15 is 0 Å². The summed E-state index contributed by atoms with van der Waals surface area (Å²) in [5.41, 5.74) is 0. The van der Waals surface area contributed by atoms with Crippen molar-refractivity contribution in [1.82, 2.24) is 5.32 Å². The van der Waals surface area contributed by atoms with Gasteiger partial charge in [-0.15, -0.1) is 0 Å². The summed E-state index contributed by atoms with van der Waals surface area (Å²) < 4.78 is 5.60. The molecule has 1 fully saturated rings. The molecule has 1 aromatic rings. The van der Waals surface area contributed by atoms with Crippen molar-refractivity contribution >= 4 is 29.1 Å². The van der Waals surface area contributed by atoms with Gasteiger partial charge in [0.05, 0.1) is 5.02 Å². The monoisotopic (exact) mass is 315 g/mol. The summed E-state index contributed by atoms with van der Waals surface area (Å²) in [5.74, 6) is 0.332. The number of rotatable bonds is 4. The van der Waals surface area contributed by atoms with Crippen molar-refractivity contribution in [2.75, 3.05) is 0 Å². The summed E-state index contributed by atoms with van der Waals surface area (Å²) in [6, 6.07) is 5.24. The fourth-order valence-corrected chi connectivity index (χ4v) is 2.70. The summed E-state index contributed by atoms with van der Waals surface area (Å²) in [6.45, 7) is 1.72. The fraction of sp³-hybridized carbons (Fsp3) is 0.533. The lowest BCUT2D eigenvalue weighted by Crippen LogP contribution is -2.43. The van der Waals surface area contributed by atoms with Crippen LogP contribution < -0.4 is 10.1 Å². The van der Waals surface area contributed by atoms with Crippen LogP contribution in [-0.2, 0) is 4.79 Å². The Labute approximate surface area is 129 Å². The van der Waals surface area contributed by atoms with E-state index in [9.17, 15) is 4.79 Å². The van der Waals surface area contributed by atoms with Gasteiger partial charge in [-0.25, -0.2) is 0 Å². The van der Waals surface area contributed by atoms with Crippen molar-refractivity contribution in [2.45, 2.75) is 51.2 Å². The van der Waals surface area contributed by atoms with Crippen molar-refractivity contribution in [3.8, 4) is 5.75 Å². The van der Waals surface area contributed by atoms with Gasteiger partial charge >= 0.3 is 0 Å². The predicted octanol–water partition coefficient (Wildman–Crippen LogP) is 4.21. The van der Waals surface area contributed by atoms with Gasteiger partial charge < -0.3 is 10.1 Å². The maximum Gasteiger partial charge on any atom is 0.260 e. The molecule has 0 saturated heterocycles. The van der Waals surface area contributed by atoms with Gasteiger partial charge in [0.25, 0.3) is 5.91 Å². The van der Waals surface area contributed by atoms with Crippen LogP contribution in [0.25, 0.3) is 0 Å². The topological polar surface area (TPSA) is 38.3 Å². The Kier molecular flexibility index (Phi) is 5.55. The molecule has 0 spiro atoms. The smallest absolute Gasteiger partial charge is 0.260 e. The highest BCUT2D eigenvalue weighted by atomic mass is 35.5. The molecule has 1 aliphatic carbocycles. The van der Waals surface area contributed by atoms with Gasteiger partial charge in [0.1, 0.15) is 5.75 Å². The first kappa shape index (κ1) is 15.5. The average Bonchev–Trinajstić information content (AvgIpc) is 2.44. The first-order valence-corrected chi connectivity index (χ1v) is 7.74. The summed E-state index contributed by atoms with van der Waals surface area (Å²) in [4.78, 5) is 12.1. The van der Waals surface area contributed by atoms with Crippen LogP contribution in [0.4, 0.5) is 0 Å². The van der Waals surface area contributed by atoms with E-state index in [1.54, 1.807) is 25.1 Å². The van der Waals surface area contributed by atoms with Crippen LogP contribution in [0.1, 0.15) is 39.0 Å². The van der Waals surface area contributed by atoms with Crippen LogP contribution in [0, 0.1) is 0 Å². The second kappa shape index (κ2) is 7.19. The van der Waals surface area contributed by atoms with Crippen LogP contribution in [0.2, 0.25) is 10.0 Å². The Morgan fingerprint density at radius 1 is 1.30 bits per heavy atom. The van der Waals surface area contributed by atoms with Gasteiger partial charge in [-0.05, 0) is 31.9 Å². The number of benzene rings is 1. The van der Waals surface area contributed by atoms with Crippen molar-refractivity contribution in [3.63, 3.8) is 0 Å². The molecule has 1 amide bonds. The highest BCUT2D eigenvalue weighted by Crippen LogP contribution is 2.28. The highest BCUT2D eigenvalue weighted by Gasteiger charge is 2.21. The molecule has 1 aromatic carbocycles. The zero-order valence-corrected chi connectivity index (χ0v) is 13.0. The third-order valence-electron chi connectivity index (χ3n) is 3.52. The maximum absolute atomic E-state index is 12.1. The minimum atomic E-state index is -0.590. The molecule has 0 bridgehead atoms. The summed E-state index contributed by atoms with van der Waals surface area (Å²) >= 11 is 11.9. The maximum atomic E-state index is 12.1. The third-order valence-corrected chi connectivity index (χ3v) is 4.07. The molecule has 1 aliphatic rings. The number of halogens is 2. The fourth-order valence-electron chi connectivity index (χ4n) is 2.38. The molecule has 1 N–H and O–H groups in total. The molecule has 1 atom stereocenters. The molecular formula is C15H19Cl2NO2. The predicted molar refractivity (Wildman–Crippen MR) is 81.6 cm³/mol. The Hall–Kier alpha value is -0.930. The Morgan fingerprint density at radius 3 is 2.70 bits per heavy atom. The number of amides is 1. The largest absolute Gasteiger partial charge is 0.479 e. The first-order valence-electron chi connectivity index (χ1n) is 6.98. The van der Waals surface area contributed by atoms with Crippen LogP contribution in [0.3, 0.4) is 0 Å². The molecule has 2 rings (SSSR count). The Morgan fingerprint density at radius 2 is 2.00 bits per heavy atom. The molecule has 0 aliphatic heterocycles. The second-order valence-corrected chi connectivity index (χ2v) is 6.02. The zero-order valence-electron chi connectivity index (χ0n) is 11.5. The number of hydrogen-bond donors (Lipinski definition) is 1. The standard InChI is InChI=1S/C15H19Cl2NO2/c1-10(15(19)18-12-5-3-2-4-6-12)20-14-9-11(16)7-8-13(14)17/h7-10,12H,2-6H2,1H3,(H,18,19). The molecule has 0 heterocycles. The van der Waals surface area contributed by atoms with Crippen LogP contribution in [0.15, 0.2) is 18.2 Å². The molecule has 1 unspecified atom stereocenters. The van der Waals surface area contributed by atoms with E-state index < -0.39 is 6.10 Å². The third kappa shape index (κ3) is 4.29. The molecule has 1 saturated carbocycles. The van der Waals surface area contributed by atoms with Gasteiger partial charge in [-0.2, -0.15) is 0 Å². The summed E-state index contributed by atoms with van der Waals surface area (Å²) in [7, 11) is 0. The normalized spacial score (nSPS) is 17.6. The first-order chi connectivity index (χ1) is 9.56. The van der Waals surface area contributed by atoms with E-state index in [-0.39, 0.29) is 11.9 Å². The van der Waals surface area contributed by atoms with E-state index in [2.05, 4.69) is 5.32 Å². The minimum Gasteiger partial charge on any atom is -0.479 e. The van der Waals surface area contributed by atoms with E-state index in [1.807, 2.05) is 0 Å². The van der Waals surface area contributed by atoms with Crippen LogP contribution in [-0.4, -0.2) is 18.1 Å². The lowest BCUT2D eigenvalue weighted by Gasteiger charge is -2.24. The second-order valence-electron chi connectivity index (χ2n) is 5.18. The van der Waals surface area contributed by atoms with Gasteiger partial charge in [0.2, 0.25) is 0 Å². The van der Waals surface area contributed by atoms with Crippen molar-refractivity contribution in [3.05, 3.63) is 28.2 Å². The Bertz CT molecular complexity index is 473. The summed E-state index contributed by atoms with van der Waals surface area (Å²) in [5, 5.41) is 4.02. The van der Waals surface area contributed by atoms with Crippen molar-refractivity contribution in [1.29, 1.82) is 0 Å². The number of hydrogen-bond acceptors (Lipinski definition) is 2. The lowest BCUT2D eigenvalue weighted by molar-refractivity contribution is -0.128. The molecule has 20 heavy (non-hydrogen) atoms. The lowest BCUT2D eigenvalue weighted by atomic mass is 9.95. The van der Waals surface area contributed by atoms with Gasteiger partial charge in [0, 0.05) is 17.1 Å². The number of ether oxygens (including phenoxy) is 1. The van der Waals surface area contributed by atoms with Crippen molar-refractivity contribution in [2.24, 2.45) is 0 Å². The number of carbonyl (C=O) groups is 1. The van der Waals surface area contributed by atoms with E-state index in [0.717, 1.165) is 12.8 Å². The zero-order chi connectivity index (χ0) is 14.5. The van der Waals surface area contributed by atoms with E-state index in [1.165, 1.54) is 19.3 Å². The van der Waals surface area contributed by atoms with Gasteiger partial charge in [0.15, 0.2) is 6.10 Å². The average molecular weight is 316 g/mol. The van der Waals surface area contributed by atoms with Crippen LogP contribution >= 0.6 is 23.2 Å². The van der Waals surface area contributed by atoms with Crippen LogP contribution in [0.5, 0.6) is 5.75 Å². The molecule has 0 aromatic heterocycles. The molecule has 3 nitrogen and oxygen atoms in total. The summed E-state index contributed by atoms with van der Waals surface area (Å²) in [6.07, 6.45) is 5.14. The minimum absolute atomic E-state index is 0.104.